The molecular formula is C15H19FN2O2. The Morgan fingerprint density at radius 3 is 3.10 bits per heavy atom. The largest absolute Gasteiger partial charge is 0.389 e. The number of hydrogen-bond acceptors (Lipinski definition) is 3. The second-order valence-electron chi connectivity index (χ2n) is 5.90. The number of aliphatic hydroxyl groups is 1. The number of pyridine rings is 1. The SMILES string of the molecule is O=C(c1ccncc1F)N1CCC2(O)CCCCC2C1. The molecule has 2 fully saturated rings. The van der Waals surface area contributed by atoms with E-state index in [1.54, 1.807) is 4.90 Å². The Bertz CT molecular complexity index is 522. The number of nitrogens with zero attached hydrogens (tertiary/aromatic N) is 2. The van der Waals surface area contributed by atoms with Gasteiger partial charge in [0.1, 0.15) is 0 Å². The van der Waals surface area contributed by atoms with E-state index in [0.717, 1.165) is 31.9 Å². The zero-order valence-corrected chi connectivity index (χ0v) is 11.4. The van der Waals surface area contributed by atoms with Crippen LogP contribution in [-0.2, 0) is 0 Å². The van der Waals surface area contributed by atoms with E-state index < -0.39 is 11.4 Å². The highest BCUT2D eigenvalue weighted by Gasteiger charge is 2.43. The third kappa shape index (κ3) is 2.30. The van der Waals surface area contributed by atoms with Crippen molar-refractivity contribution in [2.24, 2.45) is 5.92 Å². The average Bonchev–Trinajstić information content (AvgIpc) is 2.46. The van der Waals surface area contributed by atoms with Crippen LogP contribution in [0.1, 0.15) is 42.5 Å². The summed E-state index contributed by atoms with van der Waals surface area (Å²) in [5, 5.41) is 10.6. The van der Waals surface area contributed by atoms with Crippen molar-refractivity contribution < 1.29 is 14.3 Å². The zero-order chi connectivity index (χ0) is 14.2. The fraction of sp³-hybridized carbons (Fsp3) is 0.600. The van der Waals surface area contributed by atoms with Gasteiger partial charge in [-0.1, -0.05) is 12.8 Å². The Morgan fingerprint density at radius 2 is 2.30 bits per heavy atom. The summed E-state index contributed by atoms with van der Waals surface area (Å²) < 4.78 is 13.6. The number of carbonyl (C=O) groups is 1. The van der Waals surface area contributed by atoms with Crippen molar-refractivity contribution in [3.63, 3.8) is 0 Å². The van der Waals surface area contributed by atoms with Crippen molar-refractivity contribution in [3.8, 4) is 0 Å². The molecule has 2 aliphatic rings. The van der Waals surface area contributed by atoms with E-state index in [4.69, 9.17) is 0 Å². The molecule has 1 aromatic rings. The number of hydrogen-bond donors (Lipinski definition) is 1. The third-order valence-corrected chi connectivity index (χ3v) is 4.72. The predicted molar refractivity (Wildman–Crippen MR) is 71.6 cm³/mol. The topological polar surface area (TPSA) is 53.4 Å². The van der Waals surface area contributed by atoms with Gasteiger partial charge in [-0.3, -0.25) is 9.78 Å². The molecule has 2 unspecified atom stereocenters. The quantitative estimate of drug-likeness (QED) is 0.854. The fourth-order valence-corrected chi connectivity index (χ4v) is 3.47. The maximum absolute atomic E-state index is 13.6. The molecular weight excluding hydrogens is 259 g/mol. The minimum atomic E-state index is -0.619. The average molecular weight is 278 g/mol. The molecule has 2 heterocycles. The van der Waals surface area contributed by atoms with Crippen molar-refractivity contribution in [1.29, 1.82) is 0 Å². The van der Waals surface area contributed by atoms with Crippen LogP contribution in [0.5, 0.6) is 0 Å². The molecule has 1 N–H and O–H groups in total. The molecule has 20 heavy (non-hydrogen) atoms. The second-order valence-corrected chi connectivity index (χ2v) is 5.90. The summed E-state index contributed by atoms with van der Waals surface area (Å²) in [6.45, 7) is 1.02. The Hall–Kier alpha value is -1.49. The normalized spacial score (nSPS) is 29.9. The molecule has 1 aromatic heterocycles. The van der Waals surface area contributed by atoms with E-state index >= 15 is 0 Å². The number of likely N-dealkylation sites (tertiary alicyclic amines) is 1. The Morgan fingerprint density at radius 1 is 1.45 bits per heavy atom. The fourth-order valence-electron chi connectivity index (χ4n) is 3.47. The van der Waals surface area contributed by atoms with Crippen LogP contribution in [0.3, 0.4) is 0 Å². The molecule has 4 nitrogen and oxygen atoms in total. The lowest BCUT2D eigenvalue weighted by Gasteiger charge is -2.47. The molecule has 1 saturated carbocycles. The highest BCUT2D eigenvalue weighted by Crippen LogP contribution is 2.40. The molecule has 1 aliphatic heterocycles. The van der Waals surface area contributed by atoms with Crippen molar-refractivity contribution >= 4 is 5.91 Å². The summed E-state index contributed by atoms with van der Waals surface area (Å²) in [4.78, 5) is 17.7. The van der Waals surface area contributed by atoms with Crippen LogP contribution >= 0.6 is 0 Å². The third-order valence-electron chi connectivity index (χ3n) is 4.72. The Balaban J connectivity index is 1.76. The van der Waals surface area contributed by atoms with Gasteiger partial charge < -0.3 is 10.0 Å². The number of piperidine rings is 1. The molecule has 1 aliphatic carbocycles. The highest BCUT2D eigenvalue weighted by atomic mass is 19.1. The monoisotopic (exact) mass is 278 g/mol. The van der Waals surface area contributed by atoms with Gasteiger partial charge in [-0.25, -0.2) is 4.39 Å². The van der Waals surface area contributed by atoms with Gasteiger partial charge in [0.05, 0.1) is 17.4 Å². The van der Waals surface area contributed by atoms with Crippen LogP contribution in [0.4, 0.5) is 4.39 Å². The van der Waals surface area contributed by atoms with Crippen LogP contribution in [0.25, 0.3) is 0 Å². The molecule has 0 aromatic carbocycles. The predicted octanol–water partition coefficient (Wildman–Crippen LogP) is 1.99. The number of carbonyl (C=O) groups excluding carboxylic acids is 1. The van der Waals surface area contributed by atoms with E-state index in [0.29, 0.717) is 19.5 Å². The van der Waals surface area contributed by atoms with Gasteiger partial charge in [-0.15, -0.1) is 0 Å². The molecule has 1 amide bonds. The Kier molecular flexibility index (Phi) is 3.46. The van der Waals surface area contributed by atoms with E-state index in [9.17, 15) is 14.3 Å². The van der Waals surface area contributed by atoms with Gasteiger partial charge in [-0.05, 0) is 25.3 Å². The van der Waals surface area contributed by atoms with E-state index in [-0.39, 0.29) is 17.4 Å². The van der Waals surface area contributed by atoms with Gasteiger partial charge in [0.2, 0.25) is 0 Å². The van der Waals surface area contributed by atoms with Crippen molar-refractivity contribution in [2.75, 3.05) is 13.1 Å². The molecule has 5 heteroatoms. The first-order valence-corrected chi connectivity index (χ1v) is 7.21. The lowest BCUT2D eigenvalue weighted by molar-refractivity contribution is -0.0886. The maximum atomic E-state index is 13.6. The minimum absolute atomic E-state index is 0.0706. The summed E-state index contributed by atoms with van der Waals surface area (Å²) in [6.07, 6.45) is 7.00. The molecule has 0 spiro atoms. The molecule has 108 valence electrons. The summed E-state index contributed by atoms with van der Waals surface area (Å²) in [5.41, 5.74) is -0.549. The molecule has 1 saturated heterocycles. The van der Waals surface area contributed by atoms with Gasteiger partial charge in [0, 0.05) is 25.2 Å². The van der Waals surface area contributed by atoms with E-state index in [1.807, 2.05) is 0 Å². The molecule has 3 rings (SSSR count). The summed E-state index contributed by atoms with van der Waals surface area (Å²) in [7, 11) is 0. The number of aromatic nitrogens is 1. The van der Waals surface area contributed by atoms with E-state index in [1.165, 1.54) is 12.3 Å². The van der Waals surface area contributed by atoms with Crippen molar-refractivity contribution in [1.82, 2.24) is 9.88 Å². The summed E-state index contributed by atoms with van der Waals surface area (Å²) in [6, 6.07) is 1.42. The minimum Gasteiger partial charge on any atom is -0.389 e. The lowest BCUT2D eigenvalue weighted by atomic mass is 9.71. The zero-order valence-electron chi connectivity index (χ0n) is 11.4. The first kappa shape index (κ1) is 13.5. The standard InChI is InChI=1S/C15H19FN2O2/c16-13-9-17-7-4-12(13)14(19)18-8-6-15(20)5-2-1-3-11(15)10-18/h4,7,9,11,20H,1-3,5-6,8,10H2. The smallest absolute Gasteiger partial charge is 0.256 e. The number of fused-ring (bicyclic) bond motifs is 1. The number of amides is 1. The molecule has 2 atom stereocenters. The summed E-state index contributed by atoms with van der Waals surface area (Å²) in [5.74, 6) is -0.752. The van der Waals surface area contributed by atoms with Crippen LogP contribution in [-0.4, -0.2) is 39.6 Å². The number of halogens is 1. The second kappa shape index (κ2) is 5.13. The lowest BCUT2D eigenvalue weighted by Crippen LogP contribution is -2.54. The van der Waals surface area contributed by atoms with Crippen molar-refractivity contribution in [2.45, 2.75) is 37.7 Å². The van der Waals surface area contributed by atoms with Gasteiger partial charge in [0.15, 0.2) is 5.82 Å². The van der Waals surface area contributed by atoms with Gasteiger partial charge in [-0.2, -0.15) is 0 Å². The van der Waals surface area contributed by atoms with E-state index in [2.05, 4.69) is 4.98 Å². The van der Waals surface area contributed by atoms with Gasteiger partial charge in [0.25, 0.3) is 5.91 Å². The van der Waals surface area contributed by atoms with Crippen molar-refractivity contribution in [3.05, 3.63) is 29.8 Å². The highest BCUT2D eigenvalue weighted by molar-refractivity contribution is 5.94. The van der Waals surface area contributed by atoms with Crippen LogP contribution < -0.4 is 0 Å². The van der Waals surface area contributed by atoms with Crippen LogP contribution in [0.2, 0.25) is 0 Å². The molecule has 0 radical (unpaired) electrons. The Labute approximate surface area is 117 Å². The molecule has 0 bridgehead atoms. The summed E-state index contributed by atoms with van der Waals surface area (Å²) >= 11 is 0. The van der Waals surface area contributed by atoms with Crippen LogP contribution in [0, 0.1) is 11.7 Å². The van der Waals surface area contributed by atoms with Gasteiger partial charge >= 0.3 is 0 Å². The maximum Gasteiger partial charge on any atom is 0.256 e. The number of rotatable bonds is 1. The van der Waals surface area contributed by atoms with Crippen LogP contribution in [0.15, 0.2) is 18.5 Å². The first-order chi connectivity index (χ1) is 9.60. The first-order valence-electron chi connectivity index (χ1n) is 7.21.